The molecule has 1 N–H and O–H groups in total. The highest BCUT2D eigenvalue weighted by Crippen LogP contribution is 2.12. The van der Waals surface area contributed by atoms with Crippen molar-refractivity contribution in [2.45, 2.75) is 0 Å². The van der Waals surface area contributed by atoms with E-state index in [9.17, 15) is 4.79 Å². The Balaban J connectivity index is 2.03. The van der Waals surface area contributed by atoms with E-state index in [0.29, 0.717) is 5.56 Å². The van der Waals surface area contributed by atoms with Crippen molar-refractivity contribution in [1.29, 1.82) is 0 Å². The van der Waals surface area contributed by atoms with E-state index in [4.69, 9.17) is 4.74 Å². The van der Waals surface area contributed by atoms with Crippen LogP contribution < -0.4 is 10.2 Å². The summed E-state index contributed by atoms with van der Waals surface area (Å²) in [6, 6.07) is 14.8. The molecule has 0 bridgehead atoms. The van der Waals surface area contributed by atoms with Crippen LogP contribution in [0.5, 0.6) is 5.75 Å². The lowest BCUT2D eigenvalue weighted by atomic mass is 10.2. The predicted molar refractivity (Wildman–Crippen MR) is 87.2 cm³/mol. The van der Waals surface area contributed by atoms with E-state index in [1.165, 1.54) is 0 Å². The number of nitrogens with one attached hydrogen (secondary N) is 1. The van der Waals surface area contributed by atoms with Crippen LogP contribution in [0.2, 0.25) is 0 Å². The normalized spacial score (nSPS) is 10.5. The monoisotopic (exact) mass is 380 g/mol. The second-order valence-electron chi connectivity index (χ2n) is 3.96. The van der Waals surface area contributed by atoms with Crippen LogP contribution in [-0.4, -0.2) is 19.2 Å². The number of rotatable bonds is 4. The Hall–Kier alpha value is -1.89. The van der Waals surface area contributed by atoms with Gasteiger partial charge in [-0.25, -0.2) is 5.43 Å². The Morgan fingerprint density at radius 1 is 1.25 bits per heavy atom. The molecule has 20 heavy (non-hydrogen) atoms. The van der Waals surface area contributed by atoms with Crippen molar-refractivity contribution in [3.63, 3.8) is 0 Å². The molecule has 1 amide bonds. The Labute approximate surface area is 131 Å². The van der Waals surface area contributed by atoms with Gasteiger partial charge in [0, 0.05) is 3.57 Å². The maximum absolute atomic E-state index is 11.9. The van der Waals surface area contributed by atoms with Gasteiger partial charge in [0.2, 0.25) is 0 Å². The number of carbonyl (C=O) groups excluding carboxylic acids is 1. The first-order valence-corrected chi connectivity index (χ1v) is 7.00. The summed E-state index contributed by atoms with van der Waals surface area (Å²) in [6.07, 6.45) is 1.58. The van der Waals surface area contributed by atoms with Gasteiger partial charge >= 0.3 is 0 Å². The fourth-order valence-electron chi connectivity index (χ4n) is 1.59. The molecule has 0 aliphatic rings. The van der Waals surface area contributed by atoms with Gasteiger partial charge in [0.1, 0.15) is 5.75 Å². The van der Waals surface area contributed by atoms with Gasteiger partial charge < -0.3 is 4.74 Å². The number of methoxy groups -OCH3 is 1. The van der Waals surface area contributed by atoms with Crippen molar-refractivity contribution in [3.05, 3.63) is 63.2 Å². The number of hydrogen-bond donors (Lipinski definition) is 1. The molecule has 0 atom stereocenters. The van der Waals surface area contributed by atoms with Crippen LogP contribution in [0.25, 0.3) is 0 Å². The van der Waals surface area contributed by atoms with E-state index in [2.05, 4.69) is 33.1 Å². The summed E-state index contributed by atoms with van der Waals surface area (Å²) < 4.78 is 6.01. The summed E-state index contributed by atoms with van der Waals surface area (Å²) in [5, 5.41) is 3.95. The second-order valence-corrected chi connectivity index (χ2v) is 5.12. The second kappa shape index (κ2) is 7.04. The summed E-state index contributed by atoms with van der Waals surface area (Å²) in [5.74, 6) is 0.520. The van der Waals surface area contributed by atoms with E-state index in [0.717, 1.165) is 14.9 Å². The number of benzene rings is 2. The van der Waals surface area contributed by atoms with Crippen molar-refractivity contribution in [1.82, 2.24) is 5.43 Å². The number of hydrazone groups is 1. The number of ether oxygens (including phenoxy) is 1. The van der Waals surface area contributed by atoms with Gasteiger partial charge in [-0.15, -0.1) is 0 Å². The van der Waals surface area contributed by atoms with Crippen LogP contribution in [0.3, 0.4) is 0 Å². The Bertz CT molecular complexity index is 641. The zero-order chi connectivity index (χ0) is 14.4. The lowest BCUT2D eigenvalue weighted by Crippen LogP contribution is -2.18. The first-order chi connectivity index (χ1) is 9.70. The molecule has 0 unspecified atom stereocenters. The average molecular weight is 380 g/mol. The van der Waals surface area contributed by atoms with Gasteiger partial charge in [-0.1, -0.05) is 24.3 Å². The van der Waals surface area contributed by atoms with Crippen molar-refractivity contribution in [3.8, 4) is 5.75 Å². The standard InChI is InChI=1S/C15H13IN2O2/c1-20-12-6-4-5-11(9-12)10-17-18-15(19)13-7-2-3-8-14(13)16/h2-10H,1H3,(H,18,19)/b17-10+. The van der Waals surface area contributed by atoms with E-state index in [-0.39, 0.29) is 5.91 Å². The fraction of sp³-hybridized carbons (Fsp3) is 0.0667. The fourth-order valence-corrected chi connectivity index (χ4v) is 2.23. The number of hydrogen-bond acceptors (Lipinski definition) is 3. The van der Waals surface area contributed by atoms with Crippen molar-refractivity contribution in [2.75, 3.05) is 7.11 Å². The lowest BCUT2D eigenvalue weighted by molar-refractivity contribution is 0.0954. The minimum Gasteiger partial charge on any atom is -0.497 e. The maximum atomic E-state index is 11.9. The highest BCUT2D eigenvalue weighted by atomic mass is 127. The minimum absolute atomic E-state index is 0.228. The molecule has 5 heteroatoms. The smallest absolute Gasteiger partial charge is 0.272 e. The Morgan fingerprint density at radius 2 is 2.05 bits per heavy atom. The van der Waals surface area contributed by atoms with Gasteiger partial charge in [-0.3, -0.25) is 4.79 Å². The van der Waals surface area contributed by atoms with Crippen molar-refractivity contribution >= 4 is 34.7 Å². The summed E-state index contributed by atoms with van der Waals surface area (Å²) in [6.45, 7) is 0. The number of amides is 1. The van der Waals surface area contributed by atoms with Gasteiger partial charge in [0.15, 0.2) is 0 Å². The van der Waals surface area contributed by atoms with Gasteiger partial charge in [-0.2, -0.15) is 5.10 Å². The Kier molecular flexibility index (Phi) is 5.11. The van der Waals surface area contributed by atoms with Gasteiger partial charge in [0.25, 0.3) is 5.91 Å². The quantitative estimate of drug-likeness (QED) is 0.504. The van der Waals surface area contributed by atoms with E-state index in [1.54, 1.807) is 19.4 Å². The molecule has 0 spiro atoms. The van der Waals surface area contributed by atoms with E-state index < -0.39 is 0 Å². The molecule has 0 aliphatic heterocycles. The largest absolute Gasteiger partial charge is 0.497 e. The third-order valence-corrected chi connectivity index (χ3v) is 3.53. The van der Waals surface area contributed by atoms with Gasteiger partial charge in [-0.05, 0) is 52.4 Å². The van der Waals surface area contributed by atoms with Crippen LogP contribution in [0, 0.1) is 3.57 Å². The highest BCUT2D eigenvalue weighted by Gasteiger charge is 2.07. The average Bonchev–Trinajstić information content (AvgIpc) is 2.48. The minimum atomic E-state index is -0.228. The molecule has 0 heterocycles. The Morgan fingerprint density at radius 3 is 2.80 bits per heavy atom. The molecule has 0 aliphatic carbocycles. The summed E-state index contributed by atoms with van der Waals surface area (Å²) in [4.78, 5) is 11.9. The van der Waals surface area contributed by atoms with Crippen LogP contribution in [-0.2, 0) is 0 Å². The number of carbonyl (C=O) groups is 1. The number of nitrogens with zero attached hydrogens (tertiary/aromatic N) is 1. The maximum Gasteiger partial charge on any atom is 0.272 e. The molecule has 0 fully saturated rings. The first-order valence-electron chi connectivity index (χ1n) is 5.92. The number of halogens is 1. The van der Waals surface area contributed by atoms with Crippen molar-refractivity contribution in [2.24, 2.45) is 5.10 Å². The van der Waals surface area contributed by atoms with Crippen molar-refractivity contribution < 1.29 is 9.53 Å². The zero-order valence-corrected chi connectivity index (χ0v) is 13.0. The SMILES string of the molecule is COc1cccc(/C=N/NC(=O)c2ccccc2I)c1. The predicted octanol–water partition coefficient (Wildman–Crippen LogP) is 3.06. The molecular formula is C15H13IN2O2. The molecule has 2 aromatic rings. The third kappa shape index (κ3) is 3.80. The lowest BCUT2D eigenvalue weighted by Gasteiger charge is -2.02. The van der Waals surface area contributed by atoms with E-state index in [1.807, 2.05) is 42.5 Å². The third-order valence-electron chi connectivity index (χ3n) is 2.59. The van der Waals surface area contributed by atoms with Gasteiger partial charge in [0.05, 0.1) is 18.9 Å². The summed E-state index contributed by atoms with van der Waals surface area (Å²) in [7, 11) is 1.61. The highest BCUT2D eigenvalue weighted by molar-refractivity contribution is 14.1. The van der Waals surface area contributed by atoms with Crippen LogP contribution >= 0.6 is 22.6 Å². The molecule has 102 valence electrons. The molecular weight excluding hydrogens is 367 g/mol. The van der Waals surface area contributed by atoms with E-state index >= 15 is 0 Å². The summed E-state index contributed by atoms with van der Waals surface area (Å²) in [5.41, 5.74) is 3.97. The zero-order valence-electron chi connectivity index (χ0n) is 10.8. The topological polar surface area (TPSA) is 50.7 Å². The molecule has 0 radical (unpaired) electrons. The molecule has 0 aromatic heterocycles. The summed E-state index contributed by atoms with van der Waals surface area (Å²) >= 11 is 2.12. The molecule has 0 saturated carbocycles. The molecule has 2 aromatic carbocycles. The molecule has 2 rings (SSSR count). The van der Waals surface area contributed by atoms with Crippen LogP contribution in [0.1, 0.15) is 15.9 Å². The van der Waals surface area contributed by atoms with Crippen LogP contribution in [0.4, 0.5) is 0 Å². The van der Waals surface area contributed by atoms with Crippen LogP contribution in [0.15, 0.2) is 53.6 Å². The molecule has 0 saturated heterocycles. The molecule has 4 nitrogen and oxygen atoms in total. The first kappa shape index (κ1) is 14.5.